The van der Waals surface area contributed by atoms with Gasteiger partial charge >= 0.3 is 7.82 Å². The zero-order valence-corrected chi connectivity index (χ0v) is 36.8. The van der Waals surface area contributed by atoms with E-state index in [0.29, 0.717) is 12.8 Å². The quantitative estimate of drug-likeness (QED) is 0.0274. The molecule has 0 aliphatic heterocycles. The molecular weight excluding hydrogens is 707 g/mol. The molecule has 0 heterocycles. The van der Waals surface area contributed by atoms with Crippen LogP contribution in [0.5, 0.6) is 0 Å². The number of phosphoric ester groups is 1. The number of nitrogens with one attached hydrogen (secondary N) is 1. The van der Waals surface area contributed by atoms with E-state index in [1.807, 2.05) is 0 Å². The van der Waals surface area contributed by atoms with Gasteiger partial charge in [-0.1, -0.05) is 204 Å². The van der Waals surface area contributed by atoms with Crippen LogP contribution in [0.3, 0.4) is 0 Å². The Balaban J connectivity index is 4.12. The average Bonchev–Trinajstić information content (AvgIpc) is 3.17. The van der Waals surface area contributed by atoms with Gasteiger partial charge in [-0.3, -0.25) is 13.8 Å². The number of nitrogens with two attached hydrogens (primary N) is 1. The fourth-order valence-corrected chi connectivity index (χ4v) is 7.56. The monoisotopic (exact) mass is 797 g/mol. The molecule has 0 aromatic rings. The second-order valence-corrected chi connectivity index (χ2v) is 17.0. The minimum Gasteiger partial charge on any atom is -0.391 e. The first kappa shape index (κ1) is 53.7. The van der Waals surface area contributed by atoms with Gasteiger partial charge in [0, 0.05) is 13.0 Å². The maximum atomic E-state index is 12.8. The van der Waals surface area contributed by atoms with E-state index in [2.05, 4.69) is 55.6 Å². The van der Waals surface area contributed by atoms with Crippen molar-refractivity contribution in [3.8, 4) is 0 Å². The lowest BCUT2D eigenvalue weighted by Gasteiger charge is -2.25. The fraction of sp³-hybridized carbons (Fsp3) is 0.848. The molecule has 0 aliphatic carbocycles. The lowest BCUT2D eigenvalue weighted by Crippen LogP contribution is -2.46. The first-order chi connectivity index (χ1) is 26.9. The third kappa shape index (κ3) is 40.7. The standard InChI is InChI=1S/C46H89N2O6P/c1-3-5-7-9-11-13-15-17-19-21-22-24-25-27-29-31-33-35-37-39-45(49)44(43-54-55(51,52)53-42-41-47)48-46(50)40-38-36-34-32-30-28-26-23-20-18-16-14-12-10-8-6-4-2/h6,8,12,14,18,20,44-45,49H,3-5,7,9-11,13,15-17,19,21-43,47H2,1-2H3,(H,48,50)(H,51,52)/b8-6-,14-12-,20-18-. The molecule has 324 valence electrons. The number of amides is 1. The molecule has 0 aromatic carbocycles. The summed E-state index contributed by atoms with van der Waals surface area (Å²) >= 11 is 0. The van der Waals surface area contributed by atoms with Gasteiger partial charge in [0.15, 0.2) is 0 Å². The van der Waals surface area contributed by atoms with E-state index < -0.39 is 20.0 Å². The van der Waals surface area contributed by atoms with E-state index in [-0.39, 0.29) is 25.7 Å². The Morgan fingerprint density at radius 1 is 0.618 bits per heavy atom. The molecular formula is C46H89N2O6P. The number of carbonyl (C=O) groups is 1. The molecule has 1 amide bonds. The van der Waals surface area contributed by atoms with Gasteiger partial charge in [0.25, 0.3) is 0 Å². The Morgan fingerprint density at radius 2 is 1.05 bits per heavy atom. The largest absolute Gasteiger partial charge is 0.472 e. The molecule has 8 nitrogen and oxygen atoms in total. The van der Waals surface area contributed by atoms with Gasteiger partial charge in [0.05, 0.1) is 25.4 Å². The van der Waals surface area contributed by atoms with Crippen LogP contribution in [0.1, 0.15) is 219 Å². The predicted octanol–water partition coefficient (Wildman–Crippen LogP) is 13.1. The second kappa shape index (κ2) is 42.3. The number of hydrogen-bond acceptors (Lipinski definition) is 6. The van der Waals surface area contributed by atoms with Crippen molar-refractivity contribution in [1.29, 1.82) is 0 Å². The zero-order chi connectivity index (χ0) is 40.3. The van der Waals surface area contributed by atoms with Crippen molar-refractivity contribution in [2.75, 3.05) is 19.8 Å². The molecule has 3 unspecified atom stereocenters. The van der Waals surface area contributed by atoms with Crippen LogP contribution in [-0.4, -0.2) is 47.8 Å². The number of aliphatic hydroxyl groups is 1. The summed E-state index contributed by atoms with van der Waals surface area (Å²) in [5.41, 5.74) is 5.39. The van der Waals surface area contributed by atoms with Crippen molar-refractivity contribution in [3.63, 3.8) is 0 Å². The first-order valence-corrected chi connectivity index (χ1v) is 24.6. The van der Waals surface area contributed by atoms with Crippen molar-refractivity contribution in [2.45, 2.75) is 231 Å². The van der Waals surface area contributed by atoms with Gasteiger partial charge < -0.3 is 21.1 Å². The lowest BCUT2D eigenvalue weighted by atomic mass is 10.0. The molecule has 5 N–H and O–H groups in total. The van der Waals surface area contributed by atoms with E-state index in [1.165, 1.54) is 128 Å². The molecule has 0 bridgehead atoms. The highest BCUT2D eigenvalue weighted by Crippen LogP contribution is 2.43. The maximum absolute atomic E-state index is 12.8. The van der Waals surface area contributed by atoms with E-state index >= 15 is 0 Å². The Bertz CT molecular complexity index is 959. The van der Waals surface area contributed by atoms with Gasteiger partial charge in [0.1, 0.15) is 0 Å². The Labute approximate surface area is 340 Å². The van der Waals surface area contributed by atoms with E-state index in [1.54, 1.807) is 0 Å². The number of unbranched alkanes of at least 4 members (excludes halogenated alkanes) is 25. The molecule has 0 radical (unpaired) electrons. The summed E-state index contributed by atoms with van der Waals surface area (Å²) < 4.78 is 22.2. The van der Waals surface area contributed by atoms with E-state index in [9.17, 15) is 19.4 Å². The normalized spacial score (nSPS) is 14.3. The maximum Gasteiger partial charge on any atom is 0.472 e. The Hall–Kier alpha value is -1.28. The number of aliphatic hydroxyl groups excluding tert-OH is 1. The molecule has 55 heavy (non-hydrogen) atoms. The van der Waals surface area contributed by atoms with Crippen LogP contribution in [0.15, 0.2) is 36.5 Å². The van der Waals surface area contributed by atoms with Crippen molar-refractivity contribution >= 4 is 13.7 Å². The SMILES string of the molecule is CC/C=C\C/C=C\C/C=C\CCCCCCCCCC(=O)NC(COP(=O)(O)OCCN)C(O)CCCCCCCCCCCCCCCCCCCCC. The van der Waals surface area contributed by atoms with Crippen LogP contribution in [0.4, 0.5) is 0 Å². The molecule has 0 spiro atoms. The number of hydrogen-bond donors (Lipinski definition) is 4. The van der Waals surface area contributed by atoms with Crippen molar-refractivity contribution in [2.24, 2.45) is 5.73 Å². The van der Waals surface area contributed by atoms with Crippen molar-refractivity contribution < 1.29 is 28.4 Å². The summed E-state index contributed by atoms with van der Waals surface area (Å²) in [4.78, 5) is 22.8. The summed E-state index contributed by atoms with van der Waals surface area (Å²) in [5.74, 6) is -0.171. The molecule has 0 saturated carbocycles. The second-order valence-electron chi connectivity index (χ2n) is 15.6. The predicted molar refractivity (Wildman–Crippen MR) is 235 cm³/mol. The minimum absolute atomic E-state index is 0.0866. The van der Waals surface area contributed by atoms with Crippen LogP contribution < -0.4 is 11.1 Å². The van der Waals surface area contributed by atoms with Crippen LogP contribution in [0.25, 0.3) is 0 Å². The molecule has 0 fully saturated rings. The highest BCUT2D eigenvalue weighted by atomic mass is 31.2. The molecule has 0 saturated heterocycles. The topological polar surface area (TPSA) is 131 Å². The van der Waals surface area contributed by atoms with Gasteiger partial charge in [-0.15, -0.1) is 0 Å². The third-order valence-electron chi connectivity index (χ3n) is 10.3. The van der Waals surface area contributed by atoms with Gasteiger partial charge in [-0.25, -0.2) is 4.57 Å². The average molecular weight is 797 g/mol. The van der Waals surface area contributed by atoms with Gasteiger partial charge in [-0.2, -0.15) is 0 Å². The summed E-state index contributed by atoms with van der Waals surface area (Å²) in [6.45, 7) is 4.11. The molecule has 3 atom stereocenters. The lowest BCUT2D eigenvalue weighted by molar-refractivity contribution is -0.123. The smallest absolute Gasteiger partial charge is 0.391 e. The number of allylic oxidation sites excluding steroid dienone is 6. The highest BCUT2D eigenvalue weighted by molar-refractivity contribution is 7.47. The molecule has 0 rings (SSSR count). The van der Waals surface area contributed by atoms with Crippen molar-refractivity contribution in [1.82, 2.24) is 5.32 Å². The molecule has 0 aromatic heterocycles. The van der Waals surface area contributed by atoms with E-state index in [4.69, 9.17) is 14.8 Å². The minimum atomic E-state index is -4.32. The number of carbonyl (C=O) groups excluding carboxylic acids is 1. The third-order valence-corrected chi connectivity index (χ3v) is 11.2. The van der Waals surface area contributed by atoms with Crippen LogP contribution in [-0.2, 0) is 18.4 Å². The number of phosphoric acid groups is 1. The van der Waals surface area contributed by atoms with Crippen molar-refractivity contribution in [3.05, 3.63) is 36.5 Å². The summed E-state index contributed by atoms with van der Waals surface area (Å²) in [6, 6.07) is -0.780. The zero-order valence-electron chi connectivity index (χ0n) is 35.9. The molecule has 9 heteroatoms. The van der Waals surface area contributed by atoms with Crippen LogP contribution in [0, 0.1) is 0 Å². The Kier molecular flexibility index (Phi) is 41.3. The summed E-state index contributed by atoms with van der Waals surface area (Å²) in [5, 5.41) is 13.8. The van der Waals surface area contributed by atoms with Gasteiger partial charge in [-0.05, 0) is 44.9 Å². The van der Waals surface area contributed by atoms with Gasteiger partial charge in [0.2, 0.25) is 5.91 Å². The van der Waals surface area contributed by atoms with Crippen LogP contribution >= 0.6 is 7.82 Å². The highest BCUT2D eigenvalue weighted by Gasteiger charge is 2.27. The Morgan fingerprint density at radius 3 is 1.55 bits per heavy atom. The van der Waals surface area contributed by atoms with E-state index in [0.717, 1.165) is 64.2 Å². The molecule has 0 aliphatic rings. The fourth-order valence-electron chi connectivity index (χ4n) is 6.80. The number of rotatable bonds is 43. The summed E-state index contributed by atoms with van der Waals surface area (Å²) in [6.07, 6.45) is 50.1. The van der Waals surface area contributed by atoms with Crippen LogP contribution in [0.2, 0.25) is 0 Å². The summed E-state index contributed by atoms with van der Waals surface area (Å²) in [7, 11) is -4.32. The first-order valence-electron chi connectivity index (χ1n) is 23.1.